The number of carbonyl (C=O) groups excluding carboxylic acids is 1. The molecule has 1 aliphatic rings. The lowest BCUT2D eigenvalue weighted by Crippen LogP contribution is -2.23. The number of nitro benzene ring substituents is 1. The van der Waals surface area contributed by atoms with Crippen molar-refractivity contribution in [2.45, 2.75) is 13.0 Å². The molecule has 1 amide bonds. The summed E-state index contributed by atoms with van der Waals surface area (Å²) in [5, 5.41) is 16.2. The van der Waals surface area contributed by atoms with E-state index in [-0.39, 0.29) is 11.6 Å². The number of likely N-dealkylation sites (N-methyl/N-ethyl adjacent to an activating group) is 1. The predicted molar refractivity (Wildman–Crippen MR) is 58.3 cm³/mol. The van der Waals surface area contributed by atoms with Crippen LogP contribution in [0.25, 0.3) is 0 Å². The quantitative estimate of drug-likeness (QED) is 0.578. The Balaban J connectivity index is 2.59. The van der Waals surface area contributed by atoms with E-state index in [1.54, 1.807) is 14.0 Å². The van der Waals surface area contributed by atoms with Gasteiger partial charge in [-0.15, -0.1) is 0 Å². The smallest absolute Gasteiger partial charge is 0.270 e. The first kappa shape index (κ1) is 10.6. The molecule has 1 aromatic rings. The molecular formula is C10H11N3O3. The van der Waals surface area contributed by atoms with E-state index in [4.69, 9.17) is 0 Å². The molecule has 1 aliphatic heterocycles. The summed E-state index contributed by atoms with van der Waals surface area (Å²) in [6, 6.07) is 2.38. The second-order valence-electron chi connectivity index (χ2n) is 3.69. The summed E-state index contributed by atoms with van der Waals surface area (Å²) in [5.41, 5.74) is 2.03. The molecule has 1 unspecified atom stereocenters. The zero-order valence-corrected chi connectivity index (χ0v) is 8.90. The van der Waals surface area contributed by atoms with Crippen LogP contribution >= 0.6 is 0 Å². The van der Waals surface area contributed by atoms with E-state index in [1.807, 2.05) is 0 Å². The summed E-state index contributed by atoms with van der Waals surface area (Å²) in [6.45, 7) is 1.74. The standard InChI is InChI=1S/C10H11N3O3/c1-5-3-6(13(15)16)4-7-8(5)12-10(14)9(7)11-2/h3-4,9,11H,1-2H3,(H,12,14). The van der Waals surface area contributed by atoms with Gasteiger partial charge in [0.15, 0.2) is 0 Å². The van der Waals surface area contributed by atoms with Gasteiger partial charge in [0.25, 0.3) is 5.69 Å². The number of nitrogens with one attached hydrogen (secondary N) is 2. The molecule has 16 heavy (non-hydrogen) atoms. The molecule has 0 saturated carbocycles. The van der Waals surface area contributed by atoms with Crippen molar-refractivity contribution in [2.24, 2.45) is 0 Å². The van der Waals surface area contributed by atoms with Gasteiger partial charge in [0.05, 0.1) is 4.92 Å². The van der Waals surface area contributed by atoms with Crippen molar-refractivity contribution in [2.75, 3.05) is 12.4 Å². The molecular weight excluding hydrogens is 210 g/mol. The number of nitrogens with zero attached hydrogens (tertiary/aromatic N) is 1. The number of aryl methyl sites for hydroxylation is 1. The summed E-state index contributed by atoms with van der Waals surface area (Å²) in [7, 11) is 1.65. The Bertz CT molecular complexity index is 484. The molecule has 6 heteroatoms. The molecule has 2 rings (SSSR count). The molecule has 0 aromatic heterocycles. The fraction of sp³-hybridized carbons (Fsp3) is 0.300. The van der Waals surface area contributed by atoms with E-state index in [9.17, 15) is 14.9 Å². The maximum absolute atomic E-state index is 11.6. The van der Waals surface area contributed by atoms with Gasteiger partial charge in [0.1, 0.15) is 6.04 Å². The summed E-state index contributed by atoms with van der Waals surface area (Å²) in [4.78, 5) is 21.8. The van der Waals surface area contributed by atoms with Crippen molar-refractivity contribution in [1.29, 1.82) is 0 Å². The highest BCUT2D eigenvalue weighted by Gasteiger charge is 2.32. The SMILES string of the molecule is CNC1C(=O)Nc2c(C)cc([N+](=O)[O-])cc21. The van der Waals surface area contributed by atoms with E-state index in [0.717, 1.165) is 0 Å². The van der Waals surface area contributed by atoms with Crippen LogP contribution < -0.4 is 10.6 Å². The van der Waals surface area contributed by atoms with Crippen LogP contribution in [0.5, 0.6) is 0 Å². The summed E-state index contributed by atoms with van der Waals surface area (Å²) < 4.78 is 0. The molecule has 6 nitrogen and oxygen atoms in total. The van der Waals surface area contributed by atoms with Crippen LogP contribution in [0.15, 0.2) is 12.1 Å². The first-order valence-corrected chi connectivity index (χ1v) is 4.81. The van der Waals surface area contributed by atoms with Crippen LogP contribution in [0.2, 0.25) is 0 Å². The third-order valence-corrected chi connectivity index (χ3v) is 2.67. The van der Waals surface area contributed by atoms with Gasteiger partial charge in [-0.25, -0.2) is 0 Å². The average molecular weight is 221 g/mol. The maximum atomic E-state index is 11.6. The van der Waals surface area contributed by atoms with Crippen LogP contribution in [0.4, 0.5) is 11.4 Å². The maximum Gasteiger partial charge on any atom is 0.270 e. The van der Waals surface area contributed by atoms with Crippen molar-refractivity contribution in [3.8, 4) is 0 Å². The van der Waals surface area contributed by atoms with E-state index in [2.05, 4.69) is 10.6 Å². The lowest BCUT2D eigenvalue weighted by Gasteiger charge is -2.07. The summed E-state index contributed by atoms with van der Waals surface area (Å²) in [6.07, 6.45) is 0. The highest BCUT2D eigenvalue weighted by atomic mass is 16.6. The molecule has 2 N–H and O–H groups in total. The number of anilines is 1. The van der Waals surface area contributed by atoms with Crippen LogP contribution in [0, 0.1) is 17.0 Å². The van der Waals surface area contributed by atoms with Gasteiger partial charge in [-0.2, -0.15) is 0 Å². The highest BCUT2D eigenvalue weighted by molar-refractivity contribution is 6.03. The second kappa shape index (κ2) is 3.57. The number of amides is 1. The van der Waals surface area contributed by atoms with Crippen molar-refractivity contribution < 1.29 is 9.72 Å². The zero-order valence-electron chi connectivity index (χ0n) is 8.90. The van der Waals surface area contributed by atoms with Crippen LogP contribution in [0.3, 0.4) is 0 Å². The predicted octanol–water partition coefficient (Wildman–Crippen LogP) is 1.12. The minimum atomic E-state index is -0.506. The van der Waals surface area contributed by atoms with Gasteiger partial charge in [0.2, 0.25) is 5.91 Å². The lowest BCUT2D eigenvalue weighted by atomic mass is 10.0. The van der Waals surface area contributed by atoms with Crippen molar-refractivity contribution >= 4 is 17.3 Å². The number of rotatable bonds is 2. The minimum absolute atomic E-state index is 0.00741. The lowest BCUT2D eigenvalue weighted by molar-refractivity contribution is -0.384. The van der Waals surface area contributed by atoms with Crippen LogP contribution in [0.1, 0.15) is 17.2 Å². The largest absolute Gasteiger partial charge is 0.324 e. The molecule has 1 atom stereocenters. The fourth-order valence-corrected chi connectivity index (χ4v) is 1.92. The van der Waals surface area contributed by atoms with Gasteiger partial charge >= 0.3 is 0 Å². The van der Waals surface area contributed by atoms with Crippen molar-refractivity contribution in [3.63, 3.8) is 0 Å². The van der Waals surface area contributed by atoms with Crippen LogP contribution in [-0.2, 0) is 4.79 Å². The molecule has 0 radical (unpaired) electrons. The Morgan fingerprint density at radius 1 is 1.50 bits per heavy atom. The molecule has 0 saturated heterocycles. The second-order valence-corrected chi connectivity index (χ2v) is 3.69. The molecule has 0 bridgehead atoms. The van der Waals surface area contributed by atoms with Crippen LogP contribution in [-0.4, -0.2) is 17.9 Å². The molecule has 1 heterocycles. The Morgan fingerprint density at radius 3 is 2.75 bits per heavy atom. The number of hydrogen-bond donors (Lipinski definition) is 2. The van der Waals surface area contributed by atoms with Gasteiger partial charge < -0.3 is 10.6 Å². The molecule has 0 aliphatic carbocycles. The number of fused-ring (bicyclic) bond motifs is 1. The first-order valence-electron chi connectivity index (χ1n) is 4.81. The summed E-state index contributed by atoms with van der Waals surface area (Å²) >= 11 is 0. The zero-order chi connectivity index (χ0) is 11.9. The normalized spacial score (nSPS) is 18.1. The Kier molecular flexibility index (Phi) is 2.35. The van der Waals surface area contributed by atoms with Gasteiger partial charge in [0, 0.05) is 23.4 Å². The Labute approximate surface area is 91.8 Å². The number of hydrogen-bond acceptors (Lipinski definition) is 4. The number of carbonyl (C=O) groups is 1. The third-order valence-electron chi connectivity index (χ3n) is 2.67. The highest BCUT2D eigenvalue weighted by Crippen LogP contribution is 2.36. The van der Waals surface area contributed by atoms with Gasteiger partial charge in [-0.05, 0) is 19.5 Å². The molecule has 84 valence electrons. The topological polar surface area (TPSA) is 84.3 Å². The Hall–Kier alpha value is -1.95. The van der Waals surface area contributed by atoms with E-state index in [1.165, 1.54) is 12.1 Å². The number of nitro groups is 1. The van der Waals surface area contributed by atoms with E-state index in [0.29, 0.717) is 16.8 Å². The fourth-order valence-electron chi connectivity index (χ4n) is 1.92. The van der Waals surface area contributed by atoms with Gasteiger partial charge in [-0.3, -0.25) is 14.9 Å². The molecule has 0 spiro atoms. The van der Waals surface area contributed by atoms with Crippen molar-refractivity contribution in [1.82, 2.24) is 5.32 Å². The Morgan fingerprint density at radius 2 is 2.19 bits per heavy atom. The van der Waals surface area contributed by atoms with Crippen molar-refractivity contribution in [3.05, 3.63) is 33.4 Å². The van der Waals surface area contributed by atoms with E-state index >= 15 is 0 Å². The van der Waals surface area contributed by atoms with E-state index < -0.39 is 11.0 Å². The first-order chi connectivity index (χ1) is 7.54. The average Bonchev–Trinajstić information content (AvgIpc) is 2.54. The summed E-state index contributed by atoms with van der Waals surface area (Å²) in [5.74, 6) is -0.180. The number of benzene rings is 1. The molecule has 1 aromatic carbocycles. The third kappa shape index (κ3) is 1.43. The number of non-ortho nitro benzene ring substituents is 1. The molecule has 0 fully saturated rings. The minimum Gasteiger partial charge on any atom is -0.324 e. The monoisotopic (exact) mass is 221 g/mol. The van der Waals surface area contributed by atoms with Gasteiger partial charge in [-0.1, -0.05) is 0 Å².